The zero-order valence-corrected chi connectivity index (χ0v) is 28.9. The van der Waals surface area contributed by atoms with E-state index in [4.69, 9.17) is 9.47 Å². The number of fused-ring (bicyclic) bond motifs is 2. The van der Waals surface area contributed by atoms with Crippen LogP contribution >= 0.6 is 0 Å². The molecule has 0 atom stereocenters. The predicted molar refractivity (Wildman–Crippen MR) is 188 cm³/mol. The highest BCUT2D eigenvalue weighted by Crippen LogP contribution is 2.39. The van der Waals surface area contributed by atoms with Crippen LogP contribution in [0.1, 0.15) is 38.8 Å². The summed E-state index contributed by atoms with van der Waals surface area (Å²) in [5.74, 6) is 1.76. The number of aromatic nitrogens is 3. The minimum atomic E-state index is -4.46. The van der Waals surface area contributed by atoms with Crippen molar-refractivity contribution < 1.29 is 40.6 Å². The number of nitrogens with one attached hydrogen (secondary N) is 2. The summed E-state index contributed by atoms with van der Waals surface area (Å²) >= 11 is 0. The van der Waals surface area contributed by atoms with E-state index < -0.39 is 35.1 Å². The Morgan fingerprint density at radius 2 is 1.28 bits per heavy atom. The van der Waals surface area contributed by atoms with Crippen molar-refractivity contribution in [3.63, 3.8) is 0 Å². The Labute approximate surface area is 301 Å². The lowest BCUT2D eigenvalue weighted by Gasteiger charge is -2.38. The second-order valence-corrected chi connectivity index (χ2v) is 13.5. The molecule has 2 amide bonds. The molecule has 2 aliphatic rings. The number of urea groups is 1. The first-order chi connectivity index (χ1) is 24.9. The molecule has 0 spiro atoms. The van der Waals surface area contributed by atoms with E-state index in [9.17, 15) is 31.1 Å². The first-order valence-electron chi connectivity index (χ1n) is 16.3. The maximum atomic E-state index is 13.1. The van der Waals surface area contributed by atoms with Gasteiger partial charge in [-0.25, -0.2) is 14.8 Å². The fraction of sp³-hybridized carbons (Fsp3) is 0.263. The van der Waals surface area contributed by atoms with Gasteiger partial charge in [0, 0.05) is 29.2 Å². The molecule has 0 bridgehead atoms. The predicted octanol–water partition coefficient (Wildman–Crippen LogP) is 9.72. The Balaban J connectivity index is 0.000000192. The van der Waals surface area contributed by atoms with E-state index >= 15 is 0 Å². The zero-order valence-electron chi connectivity index (χ0n) is 28.9. The quantitative estimate of drug-likeness (QED) is 0.178. The minimum absolute atomic E-state index is 0.204. The number of anilines is 3. The lowest BCUT2D eigenvalue weighted by molar-refractivity contribution is -0.138. The van der Waals surface area contributed by atoms with E-state index in [0.29, 0.717) is 46.5 Å². The molecule has 0 fully saturated rings. The molecule has 2 aromatic carbocycles. The molecule has 7 rings (SSSR count). The van der Waals surface area contributed by atoms with Crippen molar-refractivity contribution in [2.75, 3.05) is 28.6 Å². The molecule has 276 valence electrons. The van der Waals surface area contributed by atoms with E-state index in [-0.39, 0.29) is 23.5 Å². The molecule has 9 nitrogen and oxygen atoms in total. The maximum absolute atomic E-state index is 13.1. The average molecular weight is 737 g/mol. The molecule has 3 aromatic heterocycles. The van der Waals surface area contributed by atoms with E-state index in [2.05, 4.69) is 25.6 Å². The maximum Gasteiger partial charge on any atom is 0.416 e. The Hall–Kier alpha value is -5.86. The third-order valence-corrected chi connectivity index (χ3v) is 8.09. The largest absolute Gasteiger partial charge is 0.482 e. The van der Waals surface area contributed by atoms with Crippen LogP contribution in [0.5, 0.6) is 11.5 Å². The van der Waals surface area contributed by atoms with Gasteiger partial charge in [-0.1, -0.05) is 24.3 Å². The van der Waals surface area contributed by atoms with Crippen LogP contribution in [0.4, 0.5) is 48.5 Å². The van der Waals surface area contributed by atoms with Crippen LogP contribution in [0.25, 0.3) is 22.5 Å². The number of hydrogen-bond acceptors (Lipinski definition) is 7. The van der Waals surface area contributed by atoms with Crippen molar-refractivity contribution in [1.29, 1.82) is 0 Å². The highest BCUT2D eigenvalue weighted by atomic mass is 19.4. The highest BCUT2D eigenvalue weighted by molar-refractivity contribution is 6.02. The Bertz CT molecular complexity index is 2120. The van der Waals surface area contributed by atoms with Crippen LogP contribution < -0.4 is 25.0 Å². The molecule has 0 aliphatic carbocycles. The Kier molecular flexibility index (Phi) is 9.71. The lowest BCUT2D eigenvalue weighted by Crippen LogP contribution is -2.51. The van der Waals surface area contributed by atoms with E-state index in [0.717, 1.165) is 24.3 Å². The summed E-state index contributed by atoms with van der Waals surface area (Å²) in [7, 11) is 0. The fourth-order valence-corrected chi connectivity index (χ4v) is 5.61. The number of benzene rings is 2. The van der Waals surface area contributed by atoms with Gasteiger partial charge in [-0.2, -0.15) is 26.3 Å². The van der Waals surface area contributed by atoms with Crippen molar-refractivity contribution in [3.8, 4) is 34.0 Å². The molecule has 0 saturated carbocycles. The zero-order chi connectivity index (χ0) is 38.2. The molecule has 15 heteroatoms. The van der Waals surface area contributed by atoms with Crippen molar-refractivity contribution in [2.24, 2.45) is 0 Å². The van der Waals surface area contributed by atoms with Crippen LogP contribution in [-0.4, -0.2) is 45.3 Å². The Morgan fingerprint density at radius 3 is 1.87 bits per heavy atom. The number of amides is 2. The molecular weight excluding hydrogens is 702 g/mol. The number of alkyl halides is 6. The highest BCUT2D eigenvalue weighted by Gasteiger charge is 2.37. The summed E-state index contributed by atoms with van der Waals surface area (Å²) in [6.07, 6.45) is -5.73. The number of hydrogen-bond donors (Lipinski definition) is 2. The molecule has 2 aliphatic heterocycles. The van der Waals surface area contributed by atoms with Gasteiger partial charge in [0.1, 0.15) is 11.2 Å². The van der Waals surface area contributed by atoms with Gasteiger partial charge in [-0.15, -0.1) is 0 Å². The van der Waals surface area contributed by atoms with E-state index in [1.807, 2.05) is 27.7 Å². The average Bonchev–Trinajstić information content (AvgIpc) is 3.10. The number of carbonyl (C=O) groups is 1. The SMILES string of the molecule is CC1(C)CN(C(=O)Nc2ccncc2)c2nc(-c3cccc(C(F)(F)F)c3)ccc2O1.CC1(C)CNc2nc(-c3cccc(C(F)(F)F)c3)ccc2O1. The molecular formula is C38H34F6N6O3. The third kappa shape index (κ3) is 8.79. The summed E-state index contributed by atoms with van der Waals surface area (Å²) in [5.41, 5.74) is -0.436. The standard InChI is InChI=1S/C22H19F3N4O2.C16H15F3N2O/c1-21(2)13-29(20(30)27-16-8-10-26-11-9-16)19-18(31-21)7-6-17(28-19)14-4-3-5-15(12-14)22(23,24)25;1-15(2)9-20-14-13(22-15)7-6-12(21-14)10-4-3-5-11(8-10)16(17,18)19/h3-12H,13H2,1-2H3,(H,26,27,30);3-8H,9H2,1-2H3,(H,20,21). The fourth-order valence-electron chi connectivity index (χ4n) is 5.61. The minimum Gasteiger partial charge on any atom is -0.482 e. The van der Waals surface area contributed by atoms with Crippen LogP contribution in [0.2, 0.25) is 0 Å². The van der Waals surface area contributed by atoms with Gasteiger partial charge < -0.3 is 20.1 Å². The van der Waals surface area contributed by atoms with Crippen molar-refractivity contribution in [3.05, 3.63) is 108 Å². The van der Waals surface area contributed by atoms with Crippen molar-refractivity contribution in [1.82, 2.24) is 15.0 Å². The third-order valence-electron chi connectivity index (χ3n) is 8.09. The monoisotopic (exact) mass is 736 g/mol. The molecule has 0 unspecified atom stereocenters. The van der Waals surface area contributed by atoms with E-state index in [1.54, 1.807) is 60.9 Å². The van der Waals surface area contributed by atoms with Crippen LogP contribution in [0.15, 0.2) is 97.3 Å². The normalized spacial score (nSPS) is 15.6. The summed E-state index contributed by atoms with van der Waals surface area (Å²) in [6.45, 7) is 8.36. The topological polar surface area (TPSA) is 102 Å². The van der Waals surface area contributed by atoms with Crippen molar-refractivity contribution >= 4 is 23.4 Å². The number of pyridine rings is 3. The first kappa shape index (κ1) is 36.9. The second-order valence-electron chi connectivity index (χ2n) is 13.5. The Morgan fingerprint density at radius 1 is 0.736 bits per heavy atom. The molecule has 5 heterocycles. The van der Waals surface area contributed by atoms with Gasteiger partial charge in [0.05, 0.1) is 35.6 Å². The lowest BCUT2D eigenvalue weighted by atomic mass is 10.0. The molecule has 0 radical (unpaired) electrons. The number of halogens is 6. The summed E-state index contributed by atoms with van der Waals surface area (Å²) in [6, 6.07) is 19.5. The van der Waals surface area contributed by atoms with Gasteiger partial charge >= 0.3 is 18.4 Å². The summed E-state index contributed by atoms with van der Waals surface area (Å²) < 4.78 is 89.4. The van der Waals surface area contributed by atoms with Crippen LogP contribution in [0, 0.1) is 0 Å². The van der Waals surface area contributed by atoms with Gasteiger partial charge in [-0.3, -0.25) is 9.88 Å². The molecule has 0 saturated heterocycles. The van der Waals surface area contributed by atoms with Crippen LogP contribution in [0.3, 0.4) is 0 Å². The van der Waals surface area contributed by atoms with Gasteiger partial charge in [0.25, 0.3) is 0 Å². The van der Waals surface area contributed by atoms with Gasteiger partial charge in [0.2, 0.25) is 0 Å². The summed E-state index contributed by atoms with van der Waals surface area (Å²) in [4.78, 5) is 27.2. The van der Waals surface area contributed by atoms with Gasteiger partial charge in [0.15, 0.2) is 23.1 Å². The number of rotatable bonds is 3. The molecule has 53 heavy (non-hydrogen) atoms. The van der Waals surface area contributed by atoms with Crippen molar-refractivity contribution in [2.45, 2.75) is 51.2 Å². The number of ether oxygens (including phenoxy) is 2. The van der Waals surface area contributed by atoms with Gasteiger partial charge in [-0.05, 0) is 88.4 Å². The van der Waals surface area contributed by atoms with E-state index in [1.165, 1.54) is 17.0 Å². The number of nitrogens with zero attached hydrogens (tertiary/aromatic N) is 4. The number of carbonyl (C=O) groups excluding carboxylic acids is 1. The smallest absolute Gasteiger partial charge is 0.416 e. The molecule has 5 aromatic rings. The van der Waals surface area contributed by atoms with Crippen LogP contribution in [-0.2, 0) is 12.4 Å². The summed E-state index contributed by atoms with van der Waals surface area (Å²) in [5, 5.41) is 5.93. The first-order valence-corrected chi connectivity index (χ1v) is 16.3. The molecule has 2 N–H and O–H groups in total. The second kappa shape index (κ2) is 13.9.